The lowest BCUT2D eigenvalue weighted by atomic mass is 10.2. The van der Waals surface area contributed by atoms with E-state index in [1.165, 1.54) is 0 Å². The molecule has 0 aromatic carbocycles. The molecule has 2 heterocycles. The summed E-state index contributed by atoms with van der Waals surface area (Å²) in [6.45, 7) is 3.86. The Balaban J connectivity index is 1.96. The van der Waals surface area contributed by atoms with Crippen molar-refractivity contribution in [2.45, 2.75) is 38.9 Å². The van der Waals surface area contributed by atoms with E-state index < -0.39 is 10.0 Å². The largest absolute Gasteiger partial charge is 0.364 e. The molecule has 0 aliphatic carbocycles. The summed E-state index contributed by atoms with van der Waals surface area (Å²) >= 11 is 0. The number of hydrogen-bond donors (Lipinski definition) is 1. The second kappa shape index (κ2) is 7.37. The number of amides is 1. The van der Waals surface area contributed by atoms with E-state index in [0.717, 1.165) is 10.6 Å². The predicted octanol–water partition coefficient (Wildman–Crippen LogP) is -0.00418. The first kappa shape index (κ1) is 17.8. The lowest BCUT2D eigenvalue weighted by Crippen LogP contribution is -2.43. The van der Waals surface area contributed by atoms with E-state index in [4.69, 9.17) is 9.26 Å². The smallest absolute Gasteiger partial charge is 0.255 e. The molecule has 23 heavy (non-hydrogen) atoms. The normalized spacial score (nSPS) is 21.7. The standard InChI is InChI=1S/C13H22N4O5S/c1-4-14-12(18)8-17(23(3,19)20)7-10-5-6-11(21-10)13-15-9(2)16-22-13/h10-11H,4-8H2,1-3H3,(H,14,18)/t10-,11+/m1/s1. The fourth-order valence-electron chi connectivity index (χ4n) is 2.42. The van der Waals surface area contributed by atoms with Crippen LogP contribution in [0.1, 0.15) is 37.6 Å². The predicted molar refractivity (Wildman–Crippen MR) is 81.0 cm³/mol. The molecule has 1 aliphatic rings. The maximum absolute atomic E-state index is 11.9. The molecule has 10 heteroatoms. The number of rotatable bonds is 7. The van der Waals surface area contributed by atoms with E-state index >= 15 is 0 Å². The third-order valence-corrected chi connectivity index (χ3v) is 4.71. The van der Waals surface area contributed by atoms with Crippen LogP contribution in [0.5, 0.6) is 0 Å². The van der Waals surface area contributed by atoms with E-state index in [-0.39, 0.29) is 31.2 Å². The van der Waals surface area contributed by atoms with Crippen molar-refractivity contribution < 1.29 is 22.5 Å². The van der Waals surface area contributed by atoms with Gasteiger partial charge in [-0.25, -0.2) is 8.42 Å². The molecule has 1 aromatic heterocycles. The number of nitrogens with zero attached hydrogens (tertiary/aromatic N) is 3. The van der Waals surface area contributed by atoms with E-state index in [9.17, 15) is 13.2 Å². The minimum Gasteiger partial charge on any atom is -0.364 e. The molecule has 2 rings (SSSR count). The highest BCUT2D eigenvalue weighted by molar-refractivity contribution is 7.88. The molecule has 0 spiro atoms. The van der Waals surface area contributed by atoms with Crippen molar-refractivity contribution in [2.24, 2.45) is 0 Å². The molecule has 0 radical (unpaired) electrons. The van der Waals surface area contributed by atoms with Crippen LogP contribution < -0.4 is 5.32 Å². The van der Waals surface area contributed by atoms with Crippen LogP contribution in [0.15, 0.2) is 4.52 Å². The summed E-state index contributed by atoms with van der Waals surface area (Å²) in [5.74, 6) is 0.598. The van der Waals surface area contributed by atoms with Crippen molar-refractivity contribution in [3.8, 4) is 0 Å². The summed E-state index contributed by atoms with van der Waals surface area (Å²) in [6.07, 6.45) is 1.78. The zero-order valence-corrected chi connectivity index (χ0v) is 14.3. The Morgan fingerprint density at radius 1 is 1.43 bits per heavy atom. The Morgan fingerprint density at radius 2 is 2.17 bits per heavy atom. The highest BCUT2D eigenvalue weighted by Gasteiger charge is 2.33. The fraction of sp³-hybridized carbons (Fsp3) is 0.769. The van der Waals surface area contributed by atoms with Crippen molar-refractivity contribution in [2.75, 3.05) is 25.9 Å². The minimum atomic E-state index is -3.50. The number of nitrogens with one attached hydrogen (secondary N) is 1. The summed E-state index contributed by atoms with van der Waals surface area (Å²) in [7, 11) is -3.50. The van der Waals surface area contributed by atoms with Gasteiger partial charge in [-0.2, -0.15) is 9.29 Å². The van der Waals surface area contributed by atoms with Crippen molar-refractivity contribution in [3.63, 3.8) is 0 Å². The maximum Gasteiger partial charge on any atom is 0.255 e. The summed E-state index contributed by atoms with van der Waals surface area (Å²) < 4.78 is 35.7. The van der Waals surface area contributed by atoms with Gasteiger partial charge in [-0.05, 0) is 26.7 Å². The zero-order valence-electron chi connectivity index (χ0n) is 13.5. The van der Waals surface area contributed by atoms with Gasteiger partial charge < -0.3 is 14.6 Å². The average molecular weight is 346 g/mol. The molecule has 9 nitrogen and oxygen atoms in total. The van der Waals surface area contributed by atoms with Gasteiger partial charge in [0, 0.05) is 13.1 Å². The molecule has 0 unspecified atom stereocenters. The van der Waals surface area contributed by atoms with E-state index in [0.29, 0.717) is 31.1 Å². The second-order valence-corrected chi connectivity index (χ2v) is 7.50. The van der Waals surface area contributed by atoms with Crippen LogP contribution in [0, 0.1) is 6.92 Å². The van der Waals surface area contributed by atoms with E-state index in [1.54, 1.807) is 13.8 Å². The Morgan fingerprint density at radius 3 is 2.74 bits per heavy atom. The molecule has 0 bridgehead atoms. The SMILES string of the molecule is CCNC(=O)CN(C[C@H]1CC[C@@H](c2nc(C)no2)O1)S(C)(=O)=O. The third-order valence-electron chi connectivity index (χ3n) is 3.50. The maximum atomic E-state index is 11.9. The van der Waals surface area contributed by atoms with Crippen molar-refractivity contribution in [1.29, 1.82) is 0 Å². The molecule has 1 fully saturated rings. The number of hydrogen-bond acceptors (Lipinski definition) is 7. The third kappa shape index (κ3) is 4.98. The monoisotopic (exact) mass is 346 g/mol. The van der Waals surface area contributed by atoms with Gasteiger partial charge in [0.1, 0.15) is 6.10 Å². The van der Waals surface area contributed by atoms with Gasteiger partial charge in [0.25, 0.3) is 5.89 Å². The number of likely N-dealkylation sites (N-methyl/N-ethyl adjacent to an activating group) is 1. The summed E-state index contributed by atoms with van der Waals surface area (Å²) in [5, 5.41) is 6.31. The van der Waals surface area contributed by atoms with Gasteiger partial charge in [-0.1, -0.05) is 5.16 Å². The Kier molecular flexibility index (Phi) is 5.71. The van der Waals surface area contributed by atoms with Crippen LogP contribution in [0.25, 0.3) is 0 Å². The highest BCUT2D eigenvalue weighted by atomic mass is 32.2. The van der Waals surface area contributed by atoms with Crippen LogP contribution in [-0.2, 0) is 19.6 Å². The van der Waals surface area contributed by atoms with Crippen LogP contribution in [0.4, 0.5) is 0 Å². The summed E-state index contributed by atoms with van der Waals surface area (Å²) in [4.78, 5) is 15.8. The molecule has 1 amide bonds. The number of aryl methyl sites for hydroxylation is 1. The van der Waals surface area contributed by atoms with Crippen molar-refractivity contribution in [3.05, 3.63) is 11.7 Å². The Labute approximate surface area is 135 Å². The minimum absolute atomic E-state index is 0.125. The molecular formula is C13H22N4O5S. The number of aromatic nitrogens is 2. The van der Waals surface area contributed by atoms with Crippen LogP contribution in [-0.4, -0.2) is 60.8 Å². The topological polar surface area (TPSA) is 115 Å². The molecule has 2 atom stereocenters. The van der Waals surface area contributed by atoms with Crippen LogP contribution in [0.3, 0.4) is 0 Å². The van der Waals surface area contributed by atoms with Crippen molar-refractivity contribution in [1.82, 2.24) is 19.8 Å². The Bertz CT molecular complexity index is 645. The highest BCUT2D eigenvalue weighted by Crippen LogP contribution is 2.32. The lowest BCUT2D eigenvalue weighted by molar-refractivity contribution is -0.121. The van der Waals surface area contributed by atoms with E-state index in [1.807, 2.05) is 0 Å². The lowest BCUT2D eigenvalue weighted by Gasteiger charge is -2.22. The number of sulfonamides is 1. The molecule has 0 saturated carbocycles. The molecule has 1 N–H and O–H groups in total. The number of carbonyl (C=O) groups is 1. The molecule has 1 aromatic rings. The second-order valence-electron chi connectivity index (χ2n) is 5.51. The van der Waals surface area contributed by atoms with Gasteiger partial charge in [-0.15, -0.1) is 0 Å². The Hall–Kier alpha value is -1.52. The first-order valence-electron chi connectivity index (χ1n) is 7.47. The van der Waals surface area contributed by atoms with Crippen LogP contribution >= 0.6 is 0 Å². The zero-order chi connectivity index (χ0) is 17.0. The van der Waals surface area contributed by atoms with Crippen LogP contribution in [0.2, 0.25) is 0 Å². The molecule has 1 saturated heterocycles. The average Bonchev–Trinajstić information content (AvgIpc) is 3.06. The van der Waals surface area contributed by atoms with Crippen molar-refractivity contribution >= 4 is 15.9 Å². The van der Waals surface area contributed by atoms with Gasteiger partial charge in [-0.3, -0.25) is 4.79 Å². The number of carbonyl (C=O) groups excluding carboxylic acids is 1. The van der Waals surface area contributed by atoms with Gasteiger partial charge in [0.05, 0.1) is 18.9 Å². The number of ether oxygens (including phenoxy) is 1. The molecular weight excluding hydrogens is 324 g/mol. The first-order chi connectivity index (χ1) is 10.8. The van der Waals surface area contributed by atoms with Gasteiger partial charge in [0.15, 0.2) is 5.82 Å². The summed E-state index contributed by atoms with van der Waals surface area (Å²) in [5.41, 5.74) is 0. The molecule has 130 valence electrons. The van der Waals surface area contributed by atoms with Gasteiger partial charge >= 0.3 is 0 Å². The van der Waals surface area contributed by atoms with Gasteiger partial charge in [0.2, 0.25) is 15.9 Å². The first-order valence-corrected chi connectivity index (χ1v) is 9.32. The quantitative estimate of drug-likeness (QED) is 0.738. The van der Waals surface area contributed by atoms with E-state index in [2.05, 4.69) is 15.5 Å². The summed E-state index contributed by atoms with van der Waals surface area (Å²) in [6, 6.07) is 0. The fourth-order valence-corrected chi connectivity index (χ4v) is 3.21. The molecule has 1 aliphatic heterocycles.